The van der Waals surface area contributed by atoms with E-state index in [1.165, 1.54) is 40.7 Å². The molecule has 15 heteroatoms. The number of nitriles is 1. The van der Waals surface area contributed by atoms with E-state index in [9.17, 15) is 40.1 Å². The number of rotatable bonds is 6. The van der Waals surface area contributed by atoms with Gasteiger partial charge < -0.3 is 5.32 Å². The molecule has 3 heterocycles. The predicted molar refractivity (Wildman–Crippen MR) is 159 cm³/mol. The molecule has 236 valence electrons. The molecule has 9 nitrogen and oxygen atoms in total. The lowest BCUT2D eigenvalue weighted by Gasteiger charge is -2.41. The maximum Gasteiger partial charge on any atom is 0.417 e. The van der Waals surface area contributed by atoms with Crippen LogP contribution in [0.5, 0.6) is 0 Å². The van der Waals surface area contributed by atoms with E-state index < -0.39 is 49.0 Å². The number of hydrogen-bond acceptors (Lipinski definition) is 7. The SMILES string of the molecule is N#Cc1cccc(S(=O)(=O)N2c3ccc(C(=O)NCc4ncc(C(F)(F)F)cc4Cl)cc3C3(CCS(=O)(=O)CC3)[C@H]2C2CC2)c1. The Bertz CT molecular complexity index is 1960. The molecule has 45 heavy (non-hydrogen) atoms. The quantitative estimate of drug-likeness (QED) is 0.388. The number of carbonyl (C=O) groups excluding carboxylic acids is 1. The van der Waals surface area contributed by atoms with Crippen molar-refractivity contribution in [2.75, 3.05) is 15.8 Å². The molecular weight excluding hydrogens is 653 g/mol. The van der Waals surface area contributed by atoms with Gasteiger partial charge >= 0.3 is 6.18 Å². The van der Waals surface area contributed by atoms with E-state index in [1.807, 2.05) is 6.07 Å². The number of anilines is 1. The number of sulfonamides is 1. The maximum atomic E-state index is 14.3. The summed E-state index contributed by atoms with van der Waals surface area (Å²) in [5.41, 5.74) is -0.651. The number of benzene rings is 2. The summed E-state index contributed by atoms with van der Waals surface area (Å²) in [4.78, 5) is 17.0. The Morgan fingerprint density at radius 1 is 1.13 bits per heavy atom. The summed E-state index contributed by atoms with van der Waals surface area (Å²) in [5.74, 6) is -0.901. The van der Waals surface area contributed by atoms with E-state index in [4.69, 9.17) is 11.6 Å². The molecule has 3 aliphatic rings. The second-order valence-corrected chi connectivity index (χ2v) is 16.1. The molecule has 1 aromatic heterocycles. The lowest BCUT2D eigenvalue weighted by molar-refractivity contribution is -0.137. The van der Waals surface area contributed by atoms with Crippen molar-refractivity contribution in [3.63, 3.8) is 0 Å². The minimum absolute atomic E-state index is 0.0267. The second kappa shape index (κ2) is 11.0. The zero-order valence-corrected chi connectivity index (χ0v) is 25.9. The third-order valence-corrected chi connectivity index (χ3v) is 12.6. The normalized spacial score (nSPS) is 20.4. The summed E-state index contributed by atoms with van der Waals surface area (Å²) in [6.45, 7) is -0.267. The van der Waals surface area contributed by atoms with Gasteiger partial charge in [0.05, 0.1) is 62.6 Å². The van der Waals surface area contributed by atoms with Crippen molar-refractivity contribution in [1.29, 1.82) is 5.26 Å². The first kappa shape index (κ1) is 31.3. The topological polar surface area (TPSA) is 137 Å². The average Bonchev–Trinajstić information content (AvgIpc) is 3.80. The third-order valence-electron chi connectivity index (χ3n) is 8.82. The molecule has 3 aromatic rings. The van der Waals surface area contributed by atoms with Crippen LogP contribution in [0.1, 0.15) is 58.4 Å². The van der Waals surface area contributed by atoms with Crippen LogP contribution in [-0.2, 0) is 38.0 Å². The van der Waals surface area contributed by atoms with Crippen LogP contribution >= 0.6 is 11.6 Å². The molecule has 1 N–H and O–H groups in total. The fourth-order valence-corrected chi connectivity index (χ4v) is 10.1. The standard InChI is InChI=1S/C30H26ClF3N4O5S2/c31-24-14-21(30(32,33)34)16-36-25(24)17-37-28(39)20-6-7-26-23(13-20)29(8-10-44(40,41)11-9-29)27(19-4-5-19)38(26)45(42,43)22-3-1-2-18(12-22)15-35/h1-3,6-7,12-14,16,19,27H,4-5,8-11,17H2,(H,37,39)/t27-/m1/s1. The summed E-state index contributed by atoms with van der Waals surface area (Å²) in [5, 5.41) is 11.7. The van der Waals surface area contributed by atoms with Crippen molar-refractivity contribution < 1.29 is 34.8 Å². The molecule has 1 saturated heterocycles. The molecule has 0 unspecified atom stereocenters. The molecule has 1 saturated carbocycles. The van der Waals surface area contributed by atoms with E-state index in [2.05, 4.69) is 10.3 Å². The Kier molecular flexibility index (Phi) is 7.65. The van der Waals surface area contributed by atoms with Crippen molar-refractivity contribution in [2.45, 2.75) is 54.8 Å². The lowest BCUT2D eigenvalue weighted by atomic mass is 9.70. The Balaban J connectivity index is 1.39. The number of hydrogen-bond donors (Lipinski definition) is 1. The molecule has 2 aromatic carbocycles. The molecule has 2 aliphatic heterocycles. The fourth-order valence-electron chi connectivity index (χ4n) is 6.46. The molecular formula is C30H26ClF3N4O5S2. The van der Waals surface area contributed by atoms with E-state index >= 15 is 0 Å². The highest BCUT2D eigenvalue weighted by molar-refractivity contribution is 7.93. The Morgan fingerprint density at radius 3 is 2.47 bits per heavy atom. The van der Waals surface area contributed by atoms with Crippen LogP contribution in [-0.4, -0.2) is 45.3 Å². The van der Waals surface area contributed by atoms with Gasteiger partial charge in [-0.3, -0.25) is 14.1 Å². The number of fused-ring (bicyclic) bond motifs is 2. The third kappa shape index (κ3) is 5.66. The summed E-state index contributed by atoms with van der Waals surface area (Å²) < 4.78 is 94.0. The number of nitrogens with one attached hydrogen (secondary N) is 1. The fraction of sp³-hybridized carbons (Fsp3) is 0.367. The highest BCUT2D eigenvalue weighted by Crippen LogP contribution is 2.59. The summed E-state index contributed by atoms with van der Waals surface area (Å²) in [6.07, 6.45) is -2.15. The zero-order valence-electron chi connectivity index (χ0n) is 23.5. The van der Waals surface area contributed by atoms with Gasteiger partial charge in [0.2, 0.25) is 0 Å². The van der Waals surface area contributed by atoms with Crippen LogP contribution in [0.4, 0.5) is 18.9 Å². The minimum atomic E-state index is -4.63. The first-order chi connectivity index (χ1) is 21.2. The van der Waals surface area contributed by atoms with Gasteiger partial charge in [0.1, 0.15) is 9.84 Å². The summed E-state index contributed by atoms with van der Waals surface area (Å²) >= 11 is 6.00. The highest BCUT2D eigenvalue weighted by atomic mass is 35.5. The van der Waals surface area contributed by atoms with Crippen molar-refractivity contribution in [3.05, 3.63) is 87.7 Å². The van der Waals surface area contributed by atoms with Gasteiger partial charge in [0, 0.05) is 17.2 Å². The number of pyridine rings is 1. The van der Waals surface area contributed by atoms with Crippen LogP contribution in [0.3, 0.4) is 0 Å². The largest absolute Gasteiger partial charge is 0.417 e. The van der Waals surface area contributed by atoms with Gasteiger partial charge in [-0.15, -0.1) is 0 Å². The van der Waals surface area contributed by atoms with Crippen LogP contribution in [0.15, 0.2) is 59.6 Å². The highest BCUT2D eigenvalue weighted by Gasteiger charge is 2.60. The van der Waals surface area contributed by atoms with Crippen LogP contribution in [0.25, 0.3) is 0 Å². The van der Waals surface area contributed by atoms with E-state index in [-0.39, 0.29) is 63.5 Å². The first-order valence-corrected chi connectivity index (χ1v) is 17.7. The Labute approximate surface area is 263 Å². The predicted octanol–water partition coefficient (Wildman–Crippen LogP) is 4.99. The summed E-state index contributed by atoms with van der Waals surface area (Å²) in [6, 6.07) is 12.4. The van der Waals surface area contributed by atoms with Gasteiger partial charge in [0.15, 0.2) is 0 Å². The van der Waals surface area contributed by atoms with E-state index in [0.29, 0.717) is 17.4 Å². The van der Waals surface area contributed by atoms with E-state index in [1.54, 1.807) is 6.07 Å². The Morgan fingerprint density at radius 2 is 1.84 bits per heavy atom. The summed E-state index contributed by atoms with van der Waals surface area (Å²) in [7, 11) is -7.56. The second-order valence-electron chi connectivity index (χ2n) is 11.6. The number of alkyl halides is 3. The molecule has 1 aliphatic carbocycles. The van der Waals surface area contributed by atoms with Crippen LogP contribution in [0, 0.1) is 17.2 Å². The van der Waals surface area contributed by atoms with Gasteiger partial charge in [0.25, 0.3) is 15.9 Å². The minimum Gasteiger partial charge on any atom is -0.346 e. The molecule has 0 radical (unpaired) electrons. The van der Waals surface area contributed by atoms with Gasteiger partial charge in [-0.05, 0) is 79.6 Å². The average molecular weight is 679 g/mol. The zero-order chi connectivity index (χ0) is 32.4. The number of amides is 1. The smallest absolute Gasteiger partial charge is 0.346 e. The Hall–Kier alpha value is -3.67. The molecule has 0 bridgehead atoms. The van der Waals surface area contributed by atoms with Crippen molar-refractivity contribution in [3.8, 4) is 6.07 Å². The monoisotopic (exact) mass is 678 g/mol. The number of halogens is 4. The number of aromatic nitrogens is 1. The van der Waals surface area contributed by atoms with E-state index in [0.717, 1.165) is 18.9 Å². The van der Waals surface area contributed by atoms with Gasteiger partial charge in [-0.2, -0.15) is 18.4 Å². The molecule has 6 rings (SSSR count). The van der Waals surface area contributed by atoms with Crippen molar-refractivity contribution in [1.82, 2.24) is 10.3 Å². The molecule has 1 amide bonds. The number of sulfone groups is 1. The molecule has 1 spiro atoms. The van der Waals surface area contributed by atoms with Gasteiger partial charge in [-0.25, -0.2) is 16.8 Å². The van der Waals surface area contributed by atoms with Crippen LogP contribution in [0.2, 0.25) is 5.02 Å². The lowest BCUT2D eigenvalue weighted by Crippen LogP contribution is -2.52. The molecule has 2 fully saturated rings. The molecule has 1 atom stereocenters. The number of nitrogens with zero attached hydrogens (tertiary/aromatic N) is 3. The first-order valence-electron chi connectivity index (χ1n) is 14.1. The maximum absolute atomic E-state index is 14.3. The van der Waals surface area contributed by atoms with Gasteiger partial charge in [-0.1, -0.05) is 17.7 Å². The number of carbonyl (C=O) groups is 1. The van der Waals surface area contributed by atoms with Crippen LogP contribution < -0.4 is 9.62 Å². The van der Waals surface area contributed by atoms with Crippen molar-refractivity contribution >= 4 is 43.1 Å². The van der Waals surface area contributed by atoms with Crippen molar-refractivity contribution in [2.24, 2.45) is 5.92 Å².